The molecule has 30 heavy (non-hydrogen) atoms. The minimum Gasteiger partial charge on any atom is -0.364 e. The van der Waals surface area contributed by atoms with E-state index < -0.39 is 11.8 Å². The van der Waals surface area contributed by atoms with E-state index in [2.05, 4.69) is 15.3 Å². The van der Waals surface area contributed by atoms with Crippen molar-refractivity contribution in [3.63, 3.8) is 0 Å². The Hall–Kier alpha value is -3.94. The van der Waals surface area contributed by atoms with Gasteiger partial charge in [0.1, 0.15) is 5.69 Å². The Morgan fingerprint density at radius 1 is 1.03 bits per heavy atom. The summed E-state index contributed by atoms with van der Waals surface area (Å²) in [5, 5.41) is 2.89. The number of H-pyrrole nitrogens is 1. The predicted molar refractivity (Wildman–Crippen MR) is 115 cm³/mol. The Morgan fingerprint density at radius 2 is 1.63 bits per heavy atom. The second kappa shape index (κ2) is 8.20. The number of nitrogens with zero attached hydrogens (tertiary/aromatic N) is 2. The third kappa shape index (κ3) is 4.07. The van der Waals surface area contributed by atoms with Crippen molar-refractivity contribution in [3.8, 4) is 0 Å². The molecule has 0 unspecified atom stereocenters. The van der Waals surface area contributed by atoms with E-state index >= 15 is 0 Å². The maximum atomic E-state index is 12.7. The lowest BCUT2D eigenvalue weighted by Gasteiger charge is -2.17. The van der Waals surface area contributed by atoms with Crippen molar-refractivity contribution >= 4 is 29.1 Å². The summed E-state index contributed by atoms with van der Waals surface area (Å²) in [5.74, 6) is -1.43. The second-order valence-corrected chi connectivity index (χ2v) is 7.13. The third-order valence-electron chi connectivity index (χ3n) is 4.81. The van der Waals surface area contributed by atoms with Gasteiger partial charge in [0.2, 0.25) is 0 Å². The number of primary amides is 1. The second-order valence-electron chi connectivity index (χ2n) is 7.13. The molecule has 1 heterocycles. The summed E-state index contributed by atoms with van der Waals surface area (Å²) >= 11 is 0. The van der Waals surface area contributed by atoms with Crippen molar-refractivity contribution < 1.29 is 14.4 Å². The number of aromatic nitrogens is 2. The van der Waals surface area contributed by atoms with Crippen LogP contribution in [0.3, 0.4) is 0 Å². The van der Waals surface area contributed by atoms with Crippen LogP contribution in [0.4, 0.5) is 11.4 Å². The van der Waals surface area contributed by atoms with Crippen LogP contribution < -0.4 is 16.0 Å². The van der Waals surface area contributed by atoms with E-state index in [1.54, 1.807) is 31.3 Å². The van der Waals surface area contributed by atoms with E-state index in [1.807, 2.05) is 32.9 Å². The number of imidazole rings is 1. The van der Waals surface area contributed by atoms with E-state index in [4.69, 9.17) is 5.73 Å². The lowest BCUT2D eigenvalue weighted by molar-refractivity contribution is 0.0958. The van der Waals surface area contributed by atoms with Crippen molar-refractivity contribution in [1.82, 2.24) is 9.97 Å². The summed E-state index contributed by atoms with van der Waals surface area (Å²) < 4.78 is 0. The first-order chi connectivity index (χ1) is 14.2. The number of carbonyl (C=O) groups is 3. The fraction of sp³-hybridized carbons (Fsp3) is 0.182. The molecule has 0 bridgehead atoms. The van der Waals surface area contributed by atoms with Crippen LogP contribution in [0.2, 0.25) is 0 Å². The zero-order chi connectivity index (χ0) is 22.0. The minimum absolute atomic E-state index is 0.0421. The fourth-order valence-electron chi connectivity index (χ4n) is 3.42. The van der Waals surface area contributed by atoms with Gasteiger partial charge in [0.25, 0.3) is 17.7 Å². The molecule has 0 spiro atoms. The largest absolute Gasteiger partial charge is 0.364 e. The highest BCUT2D eigenvalue weighted by atomic mass is 16.2. The molecular formula is C22H23N5O3. The number of benzene rings is 2. The van der Waals surface area contributed by atoms with Crippen LogP contribution in [0, 0.1) is 20.8 Å². The first-order valence-electron chi connectivity index (χ1n) is 9.29. The maximum Gasteiger partial charge on any atom is 0.279 e. The molecule has 154 valence electrons. The Kier molecular flexibility index (Phi) is 5.68. The molecule has 0 aliphatic rings. The number of nitrogens with one attached hydrogen (secondary N) is 2. The van der Waals surface area contributed by atoms with Crippen LogP contribution in [-0.4, -0.2) is 34.7 Å². The Balaban J connectivity index is 1.76. The van der Waals surface area contributed by atoms with Gasteiger partial charge in [-0.2, -0.15) is 0 Å². The van der Waals surface area contributed by atoms with Crippen LogP contribution in [0.5, 0.6) is 0 Å². The summed E-state index contributed by atoms with van der Waals surface area (Å²) in [5.41, 5.74) is 9.92. The molecule has 0 radical (unpaired) electrons. The summed E-state index contributed by atoms with van der Waals surface area (Å²) in [6, 6.07) is 10.7. The molecule has 0 aliphatic carbocycles. The SMILES string of the molecule is Cc1cc(C)c(C(=O)Nc2ccc(N(C)C(=O)c3nc[nH]c3C(N)=O)cc2)c(C)c1. The topological polar surface area (TPSA) is 121 Å². The minimum atomic E-state index is -0.760. The Bertz CT molecular complexity index is 1110. The van der Waals surface area contributed by atoms with Crippen molar-refractivity contribution in [2.45, 2.75) is 20.8 Å². The molecule has 3 rings (SSSR count). The molecular weight excluding hydrogens is 382 g/mol. The van der Waals surface area contributed by atoms with E-state index in [0.717, 1.165) is 16.7 Å². The summed E-state index contributed by atoms with van der Waals surface area (Å²) in [4.78, 5) is 44.6. The van der Waals surface area contributed by atoms with Crippen molar-refractivity contribution in [2.24, 2.45) is 5.73 Å². The van der Waals surface area contributed by atoms with Crippen LogP contribution in [-0.2, 0) is 0 Å². The number of rotatable bonds is 5. The standard InChI is InChI=1S/C22H23N5O3/c1-12-9-13(2)17(14(3)10-12)21(29)26-15-5-7-16(8-6-15)27(4)22(30)19-18(20(23)28)24-11-25-19/h5-11H,1-4H3,(H2,23,28)(H,24,25)(H,26,29). The molecule has 3 aromatic rings. The molecule has 8 nitrogen and oxygen atoms in total. The Morgan fingerprint density at radius 3 is 2.20 bits per heavy atom. The van der Waals surface area contributed by atoms with Gasteiger partial charge in [-0.15, -0.1) is 0 Å². The zero-order valence-electron chi connectivity index (χ0n) is 17.2. The van der Waals surface area contributed by atoms with Crippen LogP contribution >= 0.6 is 0 Å². The fourth-order valence-corrected chi connectivity index (χ4v) is 3.42. The maximum absolute atomic E-state index is 12.7. The van der Waals surface area contributed by atoms with Gasteiger partial charge in [-0.25, -0.2) is 4.98 Å². The first kappa shape index (κ1) is 20.8. The van der Waals surface area contributed by atoms with Gasteiger partial charge in [-0.05, 0) is 56.2 Å². The van der Waals surface area contributed by atoms with Crippen LogP contribution in [0.25, 0.3) is 0 Å². The summed E-state index contributed by atoms with van der Waals surface area (Å²) in [7, 11) is 1.56. The van der Waals surface area contributed by atoms with Gasteiger partial charge in [0, 0.05) is 24.0 Å². The lowest BCUT2D eigenvalue weighted by Crippen LogP contribution is -2.29. The van der Waals surface area contributed by atoms with Crippen molar-refractivity contribution in [3.05, 3.63) is 76.4 Å². The van der Waals surface area contributed by atoms with Gasteiger partial charge in [-0.3, -0.25) is 14.4 Å². The van der Waals surface area contributed by atoms with E-state index in [1.165, 1.54) is 11.2 Å². The highest BCUT2D eigenvalue weighted by Gasteiger charge is 2.22. The zero-order valence-corrected chi connectivity index (χ0v) is 17.2. The number of nitrogens with two attached hydrogens (primary N) is 1. The average molecular weight is 405 g/mol. The summed E-state index contributed by atoms with van der Waals surface area (Å²) in [6.45, 7) is 5.82. The average Bonchev–Trinajstić information content (AvgIpc) is 3.17. The number of amides is 3. The highest BCUT2D eigenvalue weighted by Crippen LogP contribution is 2.22. The molecule has 0 saturated heterocycles. The van der Waals surface area contributed by atoms with E-state index in [0.29, 0.717) is 16.9 Å². The van der Waals surface area contributed by atoms with Gasteiger partial charge in [0.05, 0.1) is 6.33 Å². The molecule has 1 aromatic heterocycles. The number of hydrogen-bond acceptors (Lipinski definition) is 4. The van der Waals surface area contributed by atoms with Gasteiger partial charge < -0.3 is 20.9 Å². The number of aryl methyl sites for hydroxylation is 3. The smallest absolute Gasteiger partial charge is 0.279 e. The first-order valence-corrected chi connectivity index (χ1v) is 9.29. The normalized spacial score (nSPS) is 10.5. The van der Waals surface area contributed by atoms with Crippen molar-refractivity contribution in [1.29, 1.82) is 0 Å². The molecule has 0 saturated carbocycles. The van der Waals surface area contributed by atoms with Gasteiger partial charge in [-0.1, -0.05) is 17.7 Å². The number of anilines is 2. The predicted octanol–water partition coefficient (Wildman–Crippen LogP) is 2.96. The molecule has 0 atom stereocenters. The van der Waals surface area contributed by atoms with Crippen LogP contribution in [0.1, 0.15) is 48.0 Å². The van der Waals surface area contributed by atoms with Crippen molar-refractivity contribution in [2.75, 3.05) is 17.3 Å². The quantitative estimate of drug-likeness (QED) is 0.604. The highest BCUT2D eigenvalue weighted by molar-refractivity contribution is 6.11. The van der Waals surface area contributed by atoms with E-state index in [-0.39, 0.29) is 17.3 Å². The van der Waals surface area contributed by atoms with Gasteiger partial charge in [0.15, 0.2) is 5.69 Å². The summed E-state index contributed by atoms with van der Waals surface area (Å²) in [6.07, 6.45) is 1.24. The number of hydrogen-bond donors (Lipinski definition) is 3. The van der Waals surface area contributed by atoms with E-state index in [9.17, 15) is 14.4 Å². The lowest BCUT2D eigenvalue weighted by atomic mass is 9.99. The molecule has 8 heteroatoms. The molecule has 3 amide bonds. The Labute approximate surface area is 174 Å². The molecule has 2 aromatic carbocycles. The number of aromatic amines is 1. The third-order valence-corrected chi connectivity index (χ3v) is 4.81. The molecule has 4 N–H and O–H groups in total. The molecule has 0 fully saturated rings. The number of carbonyl (C=O) groups excluding carboxylic acids is 3. The van der Waals surface area contributed by atoms with Crippen LogP contribution in [0.15, 0.2) is 42.7 Å². The monoisotopic (exact) mass is 405 g/mol. The molecule has 0 aliphatic heterocycles. The van der Waals surface area contributed by atoms with Gasteiger partial charge >= 0.3 is 0 Å².